The summed E-state index contributed by atoms with van der Waals surface area (Å²) in [4.78, 5) is 31.7. The molecule has 0 aliphatic rings. The van der Waals surface area contributed by atoms with Crippen LogP contribution in [-0.2, 0) is 4.79 Å². The first kappa shape index (κ1) is 20.9. The van der Waals surface area contributed by atoms with Gasteiger partial charge < -0.3 is 10.1 Å². The van der Waals surface area contributed by atoms with Crippen molar-refractivity contribution in [2.45, 2.75) is 19.4 Å². The molecule has 32 heavy (non-hydrogen) atoms. The lowest BCUT2D eigenvalue weighted by atomic mass is 9.96. The molecule has 0 bridgehead atoms. The van der Waals surface area contributed by atoms with Crippen LogP contribution in [0.1, 0.15) is 30.5 Å². The Hall–Kier alpha value is -4.33. The van der Waals surface area contributed by atoms with Crippen molar-refractivity contribution in [3.8, 4) is 5.75 Å². The molecule has 2 aromatic carbocycles. The molecule has 1 N–H and O–H groups in total. The van der Waals surface area contributed by atoms with E-state index >= 15 is 0 Å². The smallest absolute Gasteiger partial charge is 0.310 e. The molecule has 0 spiro atoms. The van der Waals surface area contributed by atoms with Gasteiger partial charge in [0.1, 0.15) is 11.3 Å². The number of nitro benzene ring substituents is 1. The fraction of sp³-hybridized carbons (Fsp3) is 0.125. The van der Waals surface area contributed by atoms with E-state index in [1.165, 1.54) is 12.1 Å². The Morgan fingerprint density at radius 2 is 1.81 bits per heavy atom. The summed E-state index contributed by atoms with van der Waals surface area (Å²) < 4.78 is 5.74. The Morgan fingerprint density at radius 1 is 1.03 bits per heavy atom. The van der Waals surface area contributed by atoms with Crippen LogP contribution in [0.2, 0.25) is 0 Å². The van der Waals surface area contributed by atoms with Gasteiger partial charge in [-0.2, -0.15) is 0 Å². The van der Waals surface area contributed by atoms with Crippen molar-refractivity contribution in [3.63, 3.8) is 0 Å². The number of hydrogen-bond donors (Lipinski definition) is 1. The van der Waals surface area contributed by atoms with Crippen LogP contribution in [0.5, 0.6) is 5.75 Å². The van der Waals surface area contributed by atoms with Crippen LogP contribution in [0.4, 0.5) is 11.5 Å². The van der Waals surface area contributed by atoms with E-state index in [0.29, 0.717) is 22.6 Å². The van der Waals surface area contributed by atoms with Gasteiger partial charge in [-0.3, -0.25) is 19.9 Å². The predicted molar refractivity (Wildman–Crippen MR) is 120 cm³/mol. The zero-order chi connectivity index (χ0) is 22.5. The van der Waals surface area contributed by atoms with Crippen molar-refractivity contribution < 1.29 is 14.5 Å². The fourth-order valence-electron chi connectivity index (χ4n) is 3.38. The molecular formula is C24H20N4O4. The van der Waals surface area contributed by atoms with Gasteiger partial charge >= 0.3 is 5.97 Å². The molecule has 1 atom stereocenters. The monoisotopic (exact) mass is 428 g/mol. The Labute approximate surface area is 184 Å². The number of benzene rings is 2. The number of carbonyl (C=O) groups is 1. The standard InChI is InChI=1S/C24H20N4O4/c1-2-21(29)32-24-19(13-10-16-6-5-15-26-23(16)24)22(27-20-7-3-4-14-25-20)17-8-11-18(12-9-17)28(30)31/h3-15,22H,2H2,1H3,(H,25,27). The average Bonchev–Trinajstić information content (AvgIpc) is 2.83. The lowest BCUT2D eigenvalue weighted by Gasteiger charge is -2.23. The molecule has 0 aliphatic carbocycles. The normalized spacial score (nSPS) is 11.7. The van der Waals surface area contributed by atoms with E-state index in [0.717, 1.165) is 10.9 Å². The summed E-state index contributed by atoms with van der Waals surface area (Å²) in [6.45, 7) is 1.72. The summed E-state index contributed by atoms with van der Waals surface area (Å²) >= 11 is 0. The Morgan fingerprint density at radius 3 is 2.50 bits per heavy atom. The number of hydrogen-bond acceptors (Lipinski definition) is 7. The topological polar surface area (TPSA) is 107 Å². The highest BCUT2D eigenvalue weighted by molar-refractivity contribution is 5.89. The molecule has 0 aliphatic heterocycles. The number of aromatic nitrogens is 2. The minimum atomic E-state index is -0.503. The molecule has 160 valence electrons. The number of rotatable bonds is 7. The van der Waals surface area contributed by atoms with Crippen LogP contribution in [-0.4, -0.2) is 20.9 Å². The van der Waals surface area contributed by atoms with Gasteiger partial charge in [-0.05, 0) is 35.9 Å². The second-order valence-corrected chi connectivity index (χ2v) is 7.03. The van der Waals surface area contributed by atoms with Gasteiger partial charge in [0.2, 0.25) is 0 Å². The zero-order valence-corrected chi connectivity index (χ0v) is 17.3. The molecule has 0 amide bonds. The second kappa shape index (κ2) is 9.22. The molecule has 8 nitrogen and oxygen atoms in total. The Kier molecular flexibility index (Phi) is 6.03. The maximum atomic E-state index is 12.3. The van der Waals surface area contributed by atoms with Crippen LogP contribution in [0.25, 0.3) is 10.9 Å². The summed E-state index contributed by atoms with van der Waals surface area (Å²) in [5.74, 6) is 0.566. The first-order valence-corrected chi connectivity index (χ1v) is 10.1. The van der Waals surface area contributed by atoms with Crippen LogP contribution in [0, 0.1) is 10.1 Å². The van der Waals surface area contributed by atoms with Crippen molar-refractivity contribution in [2.24, 2.45) is 0 Å². The third-order valence-electron chi connectivity index (χ3n) is 4.97. The molecule has 4 rings (SSSR count). The van der Waals surface area contributed by atoms with Crippen molar-refractivity contribution in [2.75, 3.05) is 5.32 Å². The van der Waals surface area contributed by atoms with Crippen molar-refractivity contribution in [1.29, 1.82) is 0 Å². The largest absolute Gasteiger partial charge is 0.424 e. The zero-order valence-electron chi connectivity index (χ0n) is 17.3. The van der Waals surface area contributed by atoms with E-state index in [4.69, 9.17) is 4.74 Å². The van der Waals surface area contributed by atoms with Gasteiger partial charge in [0.05, 0.1) is 11.0 Å². The molecule has 4 aromatic rings. The number of nitrogens with zero attached hydrogens (tertiary/aromatic N) is 3. The summed E-state index contributed by atoms with van der Waals surface area (Å²) in [7, 11) is 0. The predicted octanol–water partition coefficient (Wildman–Crippen LogP) is 5.05. The number of anilines is 1. The van der Waals surface area contributed by atoms with E-state index < -0.39 is 11.0 Å². The van der Waals surface area contributed by atoms with Gasteiger partial charge in [0, 0.05) is 41.9 Å². The number of carbonyl (C=O) groups excluding carboxylic acids is 1. The molecule has 8 heteroatoms. The van der Waals surface area contributed by atoms with Crippen molar-refractivity contribution in [1.82, 2.24) is 9.97 Å². The highest BCUT2D eigenvalue weighted by Gasteiger charge is 2.23. The van der Waals surface area contributed by atoms with Crippen molar-refractivity contribution in [3.05, 3.63) is 100 Å². The summed E-state index contributed by atoms with van der Waals surface area (Å²) in [6, 6.07) is 18.7. The molecule has 0 saturated carbocycles. The van der Waals surface area contributed by atoms with Crippen LogP contribution in [0.3, 0.4) is 0 Å². The van der Waals surface area contributed by atoms with Gasteiger partial charge in [0.15, 0.2) is 5.75 Å². The van der Waals surface area contributed by atoms with Gasteiger partial charge in [-0.25, -0.2) is 4.98 Å². The minimum absolute atomic E-state index is 0.0110. The number of nitrogens with one attached hydrogen (secondary N) is 1. The Bertz CT molecular complexity index is 1260. The number of pyridine rings is 2. The minimum Gasteiger partial charge on any atom is -0.424 e. The second-order valence-electron chi connectivity index (χ2n) is 7.03. The van der Waals surface area contributed by atoms with Gasteiger partial charge in [0.25, 0.3) is 5.69 Å². The summed E-state index contributed by atoms with van der Waals surface area (Å²) in [5.41, 5.74) is 1.95. The highest BCUT2D eigenvalue weighted by atomic mass is 16.6. The van der Waals surface area contributed by atoms with Crippen molar-refractivity contribution >= 4 is 28.4 Å². The van der Waals surface area contributed by atoms with Crippen LogP contribution < -0.4 is 10.1 Å². The third kappa shape index (κ3) is 4.39. The lowest BCUT2D eigenvalue weighted by molar-refractivity contribution is -0.384. The molecule has 2 aromatic heterocycles. The number of esters is 1. The molecule has 0 saturated heterocycles. The van der Waals surface area contributed by atoms with Crippen LogP contribution >= 0.6 is 0 Å². The SMILES string of the molecule is CCC(=O)Oc1c(C(Nc2ccccn2)c2ccc([N+](=O)[O-])cc2)ccc2cccnc12. The lowest BCUT2D eigenvalue weighted by Crippen LogP contribution is -2.17. The van der Waals surface area contributed by atoms with Gasteiger partial charge in [-0.15, -0.1) is 0 Å². The first-order chi connectivity index (χ1) is 15.6. The number of ether oxygens (including phenoxy) is 1. The molecule has 2 heterocycles. The summed E-state index contributed by atoms with van der Waals surface area (Å²) in [6.07, 6.45) is 3.51. The molecular weight excluding hydrogens is 408 g/mol. The highest BCUT2D eigenvalue weighted by Crippen LogP contribution is 2.37. The van der Waals surface area contributed by atoms with Gasteiger partial charge in [-0.1, -0.05) is 31.2 Å². The quantitative estimate of drug-likeness (QED) is 0.190. The van der Waals surface area contributed by atoms with E-state index in [9.17, 15) is 14.9 Å². The molecule has 1 unspecified atom stereocenters. The van der Waals surface area contributed by atoms with E-state index in [1.807, 2.05) is 36.4 Å². The molecule has 0 radical (unpaired) electrons. The third-order valence-corrected chi connectivity index (χ3v) is 4.97. The number of nitro groups is 1. The first-order valence-electron chi connectivity index (χ1n) is 10.1. The van der Waals surface area contributed by atoms with E-state index in [2.05, 4.69) is 15.3 Å². The van der Waals surface area contributed by atoms with E-state index in [-0.39, 0.29) is 18.1 Å². The fourth-order valence-corrected chi connectivity index (χ4v) is 3.38. The van der Waals surface area contributed by atoms with Crippen LogP contribution in [0.15, 0.2) is 79.1 Å². The molecule has 0 fully saturated rings. The van der Waals surface area contributed by atoms with E-state index in [1.54, 1.807) is 37.5 Å². The Balaban J connectivity index is 1.89. The average molecular weight is 428 g/mol. The summed E-state index contributed by atoms with van der Waals surface area (Å²) in [5, 5.41) is 15.3. The maximum absolute atomic E-state index is 12.3. The maximum Gasteiger partial charge on any atom is 0.310 e. The number of non-ortho nitro benzene ring substituents is 1. The number of fused-ring (bicyclic) bond motifs is 1.